The minimum Gasteiger partial charge on any atom is -0.462 e. The number of benzene rings is 1. The molecule has 0 radical (unpaired) electrons. The Morgan fingerprint density at radius 2 is 2.14 bits per heavy atom. The number of rotatable bonds is 5. The molecule has 28 heavy (non-hydrogen) atoms. The fraction of sp³-hybridized carbons (Fsp3) is 0.444. The third kappa shape index (κ3) is 3.03. The lowest BCUT2D eigenvalue weighted by molar-refractivity contribution is 0.0531. The second-order valence-electron chi connectivity index (χ2n) is 6.80. The number of nitrogens with zero attached hydrogens (tertiary/aromatic N) is 5. The van der Waals surface area contributed by atoms with Gasteiger partial charge in [0.25, 0.3) is 0 Å². The lowest BCUT2D eigenvalue weighted by Crippen LogP contribution is -2.46. The summed E-state index contributed by atoms with van der Waals surface area (Å²) >= 11 is 1.37. The Morgan fingerprint density at radius 1 is 1.29 bits per heavy atom. The quantitative estimate of drug-likeness (QED) is 0.470. The highest BCUT2D eigenvalue weighted by Crippen LogP contribution is 2.39. The molecule has 2 aromatic heterocycles. The maximum atomic E-state index is 12.1. The van der Waals surface area contributed by atoms with E-state index >= 15 is 0 Å². The van der Waals surface area contributed by atoms with Gasteiger partial charge < -0.3 is 14.4 Å². The number of hydrogen-bond acceptors (Lipinski definition) is 10. The second kappa shape index (κ2) is 6.80. The van der Waals surface area contributed by atoms with E-state index in [0.29, 0.717) is 17.2 Å². The summed E-state index contributed by atoms with van der Waals surface area (Å²) in [6.45, 7) is 6.38. The van der Waals surface area contributed by atoms with Gasteiger partial charge in [-0.1, -0.05) is 17.4 Å². The van der Waals surface area contributed by atoms with Crippen molar-refractivity contribution in [3.8, 4) is 0 Å². The Labute approximate surface area is 164 Å². The number of carbonyl (C=O) groups excluding carboxylic acids is 1. The zero-order chi connectivity index (χ0) is 19.3. The third-order valence-electron chi connectivity index (χ3n) is 4.94. The van der Waals surface area contributed by atoms with Gasteiger partial charge in [0.2, 0.25) is 0 Å². The van der Waals surface area contributed by atoms with Crippen molar-refractivity contribution in [3.63, 3.8) is 0 Å². The topological polar surface area (TPSA) is 97.1 Å². The van der Waals surface area contributed by atoms with E-state index in [4.69, 9.17) is 14.1 Å². The smallest absolute Gasteiger partial charge is 0.350 e. The van der Waals surface area contributed by atoms with Gasteiger partial charge in [0.15, 0.2) is 17.6 Å². The average molecular weight is 401 g/mol. The molecule has 0 spiro atoms. The van der Waals surface area contributed by atoms with Crippen molar-refractivity contribution in [1.82, 2.24) is 20.2 Å². The first kappa shape index (κ1) is 17.5. The van der Waals surface area contributed by atoms with Crippen LogP contribution >= 0.6 is 11.3 Å². The van der Waals surface area contributed by atoms with Gasteiger partial charge in [0.1, 0.15) is 15.9 Å². The number of anilines is 1. The average Bonchev–Trinajstić information content (AvgIpc) is 3.19. The summed E-state index contributed by atoms with van der Waals surface area (Å²) in [5, 5.41) is 8.55. The predicted octanol–water partition coefficient (Wildman–Crippen LogP) is 2.17. The number of piperazine rings is 1. The summed E-state index contributed by atoms with van der Waals surface area (Å²) < 4.78 is 15.8. The molecule has 4 heterocycles. The molecule has 2 atom stereocenters. The molecule has 2 saturated heterocycles. The van der Waals surface area contributed by atoms with E-state index in [9.17, 15) is 4.79 Å². The van der Waals surface area contributed by atoms with Crippen molar-refractivity contribution in [2.45, 2.75) is 32.8 Å². The molecule has 1 aromatic carbocycles. The molecular formula is C18H19N5O4S. The summed E-state index contributed by atoms with van der Waals surface area (Å²) in [6, 6.07) is 5.94. The van der Waals surface area contributed by atoms with Gasteiger partial charge in [-0.3, -0.25) is 4.90 Å². The van der Waals surface area contributed by atoms with E-state index < -0.39 is 0 Å². The maximum Gasteiger partial charge on any atom is 0.350 e. The van der Waals surface area contributed by atoms with E-state index in [0.717, 1.165) is 41.4 Å². The van der Waals surface area contributed by atoms with Crippen LogP contribution in [0.15, 0.2) is 22.8 Å². The number of aromatic nitrogens is 3. The SMILES string of the molecule is CCOC(=O)c1sc(N2CCN(Cc3ccc4nonc4c3)C3OC32)nc1C. The fourth-order valence-electron chi connectivity index (χ4n) is 3.51. The van der Waals surface area contributed by atoms with Crippen molar-refractivity contribution in [2.75, 3.05) is 24.6 Å². The fourth-order valence-corrected chi connectivity index (χ4v) is 4.52. The predicted molar refractivity (Wildman–Crippen MR) is 101 cm³/mol. The Hall–Kier alpha value is -2.56. The van der Waals surface area contributed by atoms with E-state index in [1.54, 1.807) is 6.92 Å². The van der Waals surface area contributed by atoms with Crippen molar-refractivity contribution >= 4 is 33.5 Å². The van der Waals surface area contributed by atoms with Crippen molar-refractivity contribution in [3.05, 3.63) is 34.3 Å². The van der Waals surface area contributed by atoms with Gasteiger partial charge >= 0.3 is 5.97 Å². The molecule has 3 aromatic rings. The minimum atomic E-state index is -0.312. The summed E-state index contributed by atoms with van der Waals surface area (Å²) in [4.78, 5) is 21.6. The number of epoxide rings is 1. The number of thiazole rings is 1. The van der Waals surface area contributed by atoms with E-state index in [1.165, 1.54) is 11.3 Å². The minimum absolute atomic E-state index is 0.0233. The number of aryl methyl sites for hydroxylation is 1. The largest absolute Gasteiger partial charge is 0.462 e. The first-order chi connectivity index (χ1) is 13.6. The summed E-state index contributed by atoms with van der Waals surface area (Å²) in [5.74, 6) is -0.312. The molecule has 2 aliphatic heterocycles. The van der Waals surface area contributed by atoms with E-state index in [1.807, 2.05) is 25.1 Å². The van der Waals surface area contributed by atoms with Gasteiger partial charge in [0.05, 0.1) is 12.3 Å². The standard InChI is InChI=1S/C18H19N5O4S/c1-3-25-17(24)14-10(2)19-18(28-14)23-7-6-22(15-16(23)26-15)9-11-4-5-12-13(8-11)21-27-20-12/h4-5,8,15-16H,3,6-7,9H2,1-2H3. The van der Waals surface area contributed by atoms with Gasteiger partial charge in [-0.15, -0.1) is 0 Å². The molecule has 2 aliphatic rings. The molecule has 0 aliphatic carbocycles. The molecule has 10 heteroatoms. The van der Waals surface area contributed by atoms with Crippen LogP contribution in [0.4, 0.5) is 5.13 Å². The highest BCUT2D eigenvalue weighted by atomic mass is 32.1. The Morgan fingerprint density at radius 3 is 3.00 bits per heavy atom. The Balaban J connectivity index is 1.27. The van der Waals surface area contributed by atoms with Crippen LogP contribution in [0.25, 0.3) is 11.0 Å². The molecule has 2 unspecified atom stereocenters. The van der Waals surface area contributed by atoms with Crippen LogP contribution in [-0.4, -0.2) is 58.3 Å². The molecule has 0 amide bonds. The number of fused-ring (bicyclic) bond motifs is 2. The first-order valence-electron chi connectivity index (χ1n) is 9.16. The zero-order valence-electron chi connectivity index (χ0n) is 15.5. The molecule has 0 N–H and O–H groups in total. The molecule has 0 saturated carbocycles. The lowest BCUT2D eigenvalue weighted by atomic mass is 10.1. The first-order valence-corrected chi connectivity index (χ1v) is 9.97. The van der Waals surface area contributed by atoms with Gasteiger partial charge in [-0.05, 0) is 41.9 Å². The molecular weight excluding hydrogens is 382 g/mol. The van der Waals surface area contributed by atoms with E-state index in [-0.39, 0.29) is 18.4 Å². The highest BCUT2D eigenvalue weighted by molar-refractivity contribution is 7.17. The summed E-state index contributed by atoms with van der Waals surface area (Å²) in [7, 11) is 0. The number of esters is 1. The molecule has 5 rings (SSSR count). The Kier molecular flexibility index (Phi) is 4.26. The molecule has 2 fully saturated rings. The summed E-state index contributed by atoms with van der Waals surface area (Å²) in [6.07, 6.45) is -0.0121. The lowest BCUT2D eigenvalue weighted by Gasteiger charge is -2.30. The van der Waals surface area contributed by atoms with Crippen LogP contribution in [-0.2, 0) is 16.0 Å². The van der Waals surface area contributed by atoms with Crippen molar-refractivity contribution in [1.29, 1.82) is 0 Å². The second-order valence-corrected chi connectivity index (χ2v) is 7.78. The van der Waals surface area contributed by atoms with Crippen molar-refractivity contribution in [2.24, 2.45) is 0 Å². The monoisotopic (exact) mass is 401 g/mol. The van der Waals surface area contributed by atoms with Gasteiger partial charge in [-0.2, -0.15) is 0 Å². The Bertz CT molecular complexity index is 1030. The van der Waals surface area contributed by atoms with Crippen LogP contribution in [0.1, 0.15) is 27.9 Å². The maximum absolute atomic E-state index is 12.1. The van der Waals surface area contributed by atoms with Crippen molar-refractivity contribution < 1.29 is 18.9 Å². The van der Waals surface area contributed by atoms with Crippen LogP contribution in [0.5, 0.6) is 0 Å². The highest BCUT2D eigenvalue weighted by Gasteiger charge is 2.52. The van der Waals surface area contributed by atoms with Gasteiger partial charge in [-0.25, -0.2) is 14.4 Å². The molecule has 9 nitrogen and oxygen atoms in total. The summed E-state index contributed by atoms with van der Waals surface area (Å²) in [5.41, 5.74) is 3.35. The van der Waals surface area contributed by atoms with Crippen LogP contribution in [0.3, 0.4) is 0 Å². The molecule has 146 valence electrons. The normalized spacial score (nSPS) is 21.7. The van der Waals surface area contributed by atoms with Gasteiger partial charge in [0, 0.05) is 19.6 Å². The zero-order valence-corrected chi connectivity index (χ0v) is 16.3. The van der Waals surface area contributed by atoms with E-state index in [2.05, 4.69) is 25.1 Å². The van der Waals surface area contributed by atoms with Crippen LogP contribution < -0.4 is 4.90 Å². The van der Waals surface area contributed by atoms with Crippen LogP contribution in [0, 0.1) is 6.92 Å². The number of carbonyl (C=O) groups is 1. The number of hydrogen-bond donors (Lipinski definition) is 0. The van der Waals surface area contributed by atoms with Crippen LogP contribution in [0.2, 0.25) is 0 Å². The molecule has 0 bridgehead atoms. The third-order valence-corrected chi connectivity index (χ3v) is 6.11. The number of ether oxygens (including phenoxy) is 2.